The highest BCUT2D eigenvalue weighted by Gasteiger charge is 2.20. The van der Waals surface area contributed by atoms with E-state index in [4.69, 9.17) is 0 Å². The van der Waals surface area contributed by atoms with Gasteiger partial charge in [-0.2, -0.15) is 0 Å². The van der Waals surface area contributed by atoms with Gasteiger partial charge in [0.15, 0.2) is 6.29 Å². The van der Waals surface area contributed by atoms with Crippen molar-refractivity contribution in [3.05, 3.63) is 33.9 Å². The molecule has 0 atom stereocenters. The SMILES string of the molecule is C[NH+]1CCN(c2ccc([N+](=O)[O-])cc2C=O)CC1. The third-order valence-electron chi connectivity index (χ3n) is 3.31. The molecule has 96 valence electrons. The van der Waals surface area contributed by atoms with Crippen molar-refractivity contribution in [2.45, 2.75) is 0 Å². The molecule has 1 fully saturated rings. The number of quaternary nitrogens is 1. The summed E-state index contributed by atoms with van der Waals surface area (Å²) in [6.07, 6.45) is 0.688. The molecule has 0 bridgehead atoms. The summed E-state index contributed by atoms with van der Waals surface area (Å²) < 4.78 is 0. The lowest BCUT2D eigenvalue weighted by atomic mass is 10.1. The number of piperazine rings is 1. The van der Waals surface area contributed by atoms with Crippen molar-refractivity contribution < 1.29 is 14.6 Å². The fourth-order valence-electron chi connectivity index (χ4n) is 2.17. The highest BCUT2D eigenvalue weighted by Crippen LogP contribution is 2.24. The van der Waals surface area contributed by atoms with Gasteiger partial charge in [-0.1, -0.05) is 0 Å². The number of carbonyl (C=O) groups excluding carboxylic acids is 1. The van der Waals surface area contributed by atoms with E-state index in [2.05, 4.69) is 11.9 Å². The van der Waals surface area contributed by atoms with Crippen molar-refractivity contribution in [3.8, 4) is 0 Å². The number of nitrogens with zero attached hydrogens (tertiary/aromatic N) is 2. The minimum Gasteiger partial charge on any atom is -0.360 e. The zero-order valence-electron chi connectivity index (χ0n) is 10.3. The number of hydrogen-bond acceptors (Lipinski definition) is 4. The minimum absolute atomic E-state index is 0.0411. The number of nitro benzene ring substituents is 1. The highest BCUT2D eigenvalue weighted by molar-refractivity contribution is 5.86. The predicted octanol–water partition coefficient (Wildman–Crippen LogP) is -0.258. The Balaban J connectivity index is 2.27. The monoisotopic (exact) mass is 250 g/mol. The zero-order valence-corrected chi connectivity index (χ0v) is 10.3. The molecule has 1 aliphatic heterocycles. The average Bonchev–Trinajstić information content (AvgIpc) is 2.39. The fraction of sp³-hybridized carbons (Fsp3) is 0.417. The van der Waals surface area contributed by atoms with Gasteiger partial charge in [0.05, 0.1) is 38.2 Å². The van der Waals surface area contributed by atoms with Crippen LogP contribution in [0.3, 0.4) is 0 Å². The largest absolute Gasteiger partial charge is 0.360 e. The van der Waals surface area contributed by atoms with Gasteiger partial charge in [-0.15, -0.1) is 0 Å². The number of benzene rings is 1. The molecule has 0 saturated carbocycles. The molecule has 1 aromatic carbocycles. The molecule has 1 aliphatic rings. The van der Waals surface area contributed by atoms with Crippen LogP contribution in [0.15, 0.2) is 18.2 Å². The van der Waals surface area contributed by atoms with Crippen molar-refractivity contribution >= 4 is 17.7 Å². The molecule has 6 nitrogen and oxygen atoms in total. The standard InChI is InChI=1S/C12H15N3O3/c1-13-4-6-14(7-5-13)12-3-2-11(15(17)18)8-10(12)9-16/h2-3,8-9H,4-7H2,1H3/p+1. The van der Waals surface area contributed by atoms with Crippen LogP contribution in [0.25, 0.3) is 0 Å². The molecule has 1 heterocycles. The Bertz CT molecular complexity index is 468. The maximum atomic E-state index is 11.1. The molecule has 2 rings (SSSR count). The van der Waals surface area contributed by atoms with Gasteiger partial charge < -0.3 is 9.80 Å². The Morgan fingerprint density at radius 3 is 2.61 bits per heavy atom. The molecule has 1 saturated heterocycles. The van der Waals surface area contributed by atoms with E-state index < -0.39 is 4.92 Å². The van der Waals surface area contributed by atoms with Crippen LogP contribution in [0.5, 0.6) is 0 Å². The second-order valence-electron chi connectivity index (χ2n) is 4.56. The summed E-state index contributed by atoms with van der Waals surface area (Å²) in [4.78, 5) is 24.8. The molecule has 0 aliphatic carbocycles. The van der Waals surface area contributed by atoms with Crippen molar-refractivity contribution in [2.24, 2.45) is 0 Å². The van der Waals surface area contributed by atoms with Gasteiger partial charge >= 0.3 is 0 Å². The molecule has 0 amide bonds. The number of likely N-dealkylation sites (N-methyl/N-ethyl adjacent to an activating group) is 1. The van der Waals surface area contributed by atoms with E-state index >= 15 is 0 Å². The summed E-state index contributed by atoms with van der Waals surface area (Å²) in [7, 11) is 2.13. The van der Waals surface area contributed by atoms with Crippen LogP contribution < -0.4 is 9.80 Å². The van der Waals surface area contributed by atoms with Crippen LogP contribution in [0, 0.1) is 10.1 Å². The normalized spacial score (nSPS) is 16.6. The fourth-order valence-corrected chi connectivity index (χ4v) is 2.17. The van der Waals surface area contributed by atoms with E-state index in [1.165, 1.54) is 17.0 Å². The summed E-state index contributed by atoms with van der Waals surface area (Å²) in [5.41, 5.74) is 1.15. The van der Waals surface area contributed by atoms with Gasteiger partial charge in [0.2, 0.25) is 0 Å². The van der Waals surface area contributed by atoms with Gasteiger partial charge in [-0.05, 0) is 6.07 Å². The predicted molar refractivity (Wildman–Crippen MR) is 67.3 cm³/mol. The summed E-state index contributed by atoms with van der Waals surface area (Å²) in [5, 5.41) is 10.7. The summed E-state index contributed by atoms with van der Waals surface area (Å²) in [6.45, 7) is 3.75. The number of nitrogens with one attached hydrogen (secondary N) is 1. The third-order valence-corrected chi connectivity index (χ3v) is 3.31. The average molecular weight is 250 g/mol. The maximum absolute atomic E-state index is 11.1. The molecule has 0 spiro atoms. The van der Waals surface area contributed by atoms with Crippen molar-refractivity contribution in [1.82, 2.24) is 0 Å². The van der Waals surface area contributed by atoms with Gasteiger partial charge in [-0.3, -0.25) is 14.9 Å². The maximum Gasteiger partial charge on any atom is 0.270 e. The summed E-state index contributed by atoms with van der Waals surface area (Å²) in [6, 6.07) is 4.46. The van der Waals surface area contributed by atoms with Crippen LogP contribution in [-0.2, 0) is 0 Å². The molecule has 0 unspecified atom stereocenters. The Labute approximate surface area is 105 Å². The second kappa shape index (κ2) is 5.14. The Kier molecular flexibility index (Phi) is 3.57. The van der Waals surface area contributed by atoms with E-state index in [1.807, 2.05) is 0 Å². The third kappa shape index (κ3) is 2.48. The number of aldehydes is 1. The minimum atomic E-state index is -0.481. The van der Waals surface area contributed by atoms with E-state index in [0.717, 1.165) is 31.9 Å². The number of carbonyl (C=O) groups is 1. The van der Waals surface area contributed by atoms with Gasteiger partial charge in [0.1, 0.15) is 0 Å². The van der Waals surface area contributed by atoms with E-state index in [9.17, 15) is 14.9 Å². The Hall–Kier alpha value is -1.95. The van der Waals surface area contributed by atoms with Gasteiger partial charge in [-0.25, -0.2) is 0 Å². The van der Waals surface area contributed by atoms with Gasteiger partial charge in [0, 0.05) is 23.4 Å². The van der Waals surface area contributed by atoms with E-state index in [-0.39, 0.29) is 5.69 Å². The quantitative estimate of drug-likeness (QED) is 0.456. The molecular weight excluding hydrogens is 234 g/mol. The van der Waals surface area contributed by atoms with Gasteiger partial charge in [0.25, 0.3) is 5.69 Å². The van der Waals surface area contributed by atoms with Crippen molar-refractivity contribution in [1.29, 1.82) is 0 Å². The number of non-ortho nitro benzene ring substituents is 1. The molecule has 1 aromatic rings. The highest BCUT2D eigenvalue weighted by atomic mass is 16.6. The summed E-state index contributed by atoms with van der Waals surface area (Å²) in [5.74, 6) is 0. The van der Waals surface area contributed by atoms with E-state index in [1.54, 1.807) is 6.07 Å². The lowest BCUT2D eigenvalue weighted by molar-refractivity contribution is -0.880. The van der Waals surface area contributed by atoms with Crippen LogP contribution in [0.2, 0.25) is 0 Å². The first-order chi connectivity index (χ1) is 8.61. The zero-order chi connectivity index (χ0) is 13.1. The Morgan fingerprint density at radius 1 is 1.39 bits per heavy atom. The van der Waals surface area contributed by atoms with Crippen molar-refractivity contribution in [3.63, 3.8) is 0 Å². The molecule has 18 heavy (non-hydrogen) atoms. The number of rotatable bonds is 3. The van der Waals surface area contributed by atoms with Crippen LogP contribution in [0.1, 0.15) is 10.4 Å². The van der Waals surface area contributed by atoms with Crippen molar-refractivity contribution in [2.75, 3.05) is 38.1 Å². The topological polar surface area (TPSA) is 67.9 Å². The summed E-state index contributed by atoms with van der Waals surface area (Å²) >= 11 is 0. The van der Waals surface area contributed by atoms with E-state index in [0.29, 0.717) is 11.8 Å². The smallest absolute Gasteiger partial charge is 0.270 e. The molecular formula is C12H16N3O3+. The number of nitro groups is 1. The molecule has 1 N–H and O–H groups in total. The molecule has 0 aromatic heterocycles. The Morgan fingerprint density at radius 2 is 2.06 bits per heavy atom. The molecule has 0 radical (unpaired) electrons. The van der Waals surface area contributed by atoms with Crippen LogP contribution in [-0.4, -0.2) is 44.4 Å². The lowest BCUT2D eigenvalue weighted by Gasteiger charge is -2.32. The number of anilines is 1. The first-order valence-electron chi connectivity index (χ1n) is 5.91. The molecule has 6 heteroatoms. The van der Waals surface area contributed by atoms with Crippen LogP contribution >= 0.6 is 0 Å². The first-order valence-corrected chi connectivity index (χ1v) is 5.91. The first kappa shape index (κ1) is 12.5. The second-order valence-corrected chi connectivity index (χ2v) is 4.56. The lowest BCUT2D eigenvalue weighted by Crippen LogP contribution is -3.12. The number of hydrogen-bond donors (Lipinski definition) is 1. The van der Waals surface area contributed by atoms with Crippen LogP contribution in [0.4, 0.5) is 11.4 Å².